The minimum absolute atomic E-state index is 0.0700. The average Bonchev–Trinajstić information content (AvgIpc) is 2.93. The molecule has 2 aromatic rings. The Labute approximate surface area is 136 Å². The van der Waals surface area contributed by atoms with E-state index in [1.165, 1.54) is 18.4 Å². The van der Waals surface area contributed by atoms with Gasteiger partial charge in [0.25, 0.3) is 0 Å². The van der Waals surface area contributed by atoms with Crippen LogP contribution in [-0.2, 0) is 0 Å². The smallest absolute Gasteiger partial charge is 0.206 e. The highest BCUT2D eigenvalue weighted by Crippen LogP contribution is 2.26. The number of carbonyl (C=O) groups excluding carboxylic acids is 1. The maximum Gasteiger partial charge on any atom is 0.206 e. The number of ketones is 1. The van der Waals surface area contributed by atoms with Crippen LogP contribution in [-0.4, -0.2) is 35.4 Å². The Hall–Kier alpha value is -1.31. The Balaban J connectivity index is 1.96. The molecule has 1 heterocycles. The number of hydrogen-bond donors (Lipinski definition) is 1. The van der Waals surface area contributed by atoms with Crippen molar-refractivity contribution < 1.29 is 9.53 Å². The molecule has 0 aliphatic heterocycles. The molecule has 2 rings (SSSR count). The molecule has 1 aromatic heterocycles. The normalized spacial score (nSPS) is 10.4. The lowest BCUT2D eigenvalue weighted by atomic mass is 10.1. The summed E-state index contributed by atoms with van der Waals surface area (Å²) < 4.78 is 5.95. The first kappa shape index (κ1) is 16.1. The summed E-state index contributed by atoms with van der Waals surface area (Å²) in [5.41, 5.74) is 0.529. The van der Waals surface area contributed by atoms with Gasteiger partial charge in [0.1, 0.15) is 5.75 Å². The van der Waals surface area contributed by atoms with E-state index in [0.29, 0.717) is 21.5 Å². The monoisotopic (exact) mass is 343 g/mol. The highest BCUT2D eigenvalue weighted by atomic mass is 35.5. The second-order valence-corrected chi connectivity index (χ2v) is 6.83. The molecule has 0 spiro atoms. The van der Waals surface area contributed by atoms with E-state index in [2.05, 4.69) is 22.4 Å². The number of carbonyl (C=O) groups is 1. The summed E-state index contributed by atoms with van der Waals surface area (Å²) >= 11 is 9.06. The molecule has 0 fully saturated rings. The largest absolute Gasteiger partial charge is 0.495 e. The maximum absolute atomic E-state index is 12.1. The Morgan fingerprint density at radius 2 is 2.29 bits per heavy atom. The average molecular weight is 344 g/mol. The number of aromatic nitrogens is 2. The lowest BCUT2D eigenvalue weighted by Gasteiger charge is -2.05. The van der Waals surface area contributed by atoms with E-state index >= 15 is 0 Å². The van der Waals surface area contributed by atoms with Crippen LogP contribution in [0.25, 0.3) is 0 Å². The van der Waals surface area contributed by atoms with Crippen LogP contribution < -0.4 is 10.1 Å². The third-order valence-electron chi connectivity index (χ3n) is 2.55. The highest BCUT2D eigenvalue weighted by Gasteiger charge is 2.10. The summed E-state index contributed by atoms with van der Waals surface area (Å²) in [6, 6.07) is 4.96. The number of ether oxygens (including phenoxy) is 1. The van der Waals surface area contributed by atoms with E-state index in [4.69, 9.17) is 16.3 Å². The van der Waals surface area contributed by atoms with Crippen LogP contribution in [0.1, 0.15) is 17.3 Å². The van der Waals surface area contributed by atoms with E-state index in [1.807, 2.05) is 0 Å². The number of thioether (sulfide) groups is 1. The van der Waals surface area contributed by atoms with Crippen molar-refractivity contribution in [3.8, 4) is 5.75 Å². The van der Waals surface area contributed by atoms with E-state index in [-0.39, 0.29) is 12.3 Å². The Bertz CT molecular complexity index is 634. The number of Topliss-reactive ketones (excluding diaryl/α,β-unsaturated/α-hetero) is 1. The lowest BCUT2D eigenvalue weighted by molar-refractivity contribution is 0.101. The minimum Gasteiger partial charge on any atom is -0.495 e. The van der Waals surface area contributed by atoms with E-state index in [1.54, 1.807) is 30.0 Å². The van der Waals surface area contributed by atoms with Crippen molar-refractivity contribution in [2.24, 2.45) is 0 Å². The highest BCUT2D eigenvalue weighted by molar-refractivity contribution is 8.01. The second-order valence-electron chi connectivity index (χ2n) is 3.93. The Morgan fingerprint density at radius 3 is 2.95 bits per heavy atom. The molecule has 21 heavy (non-hydrogen) atoms. The number of nitrogens with zero attached hydrogens (tertiary/aromatic N) is 2. The third kappa shape index (κ3) is 4.33. The summed E-state index contributed by atoms with van der Waals surface area (Å²) in [6.45, 7) is 2.20. The van der Waals surface area contributed by atoms with Gasteiger partial charge >= 0.3 is 0 Å². The molecule has 112 valence electrons. The SMILES string of the molecule is CCSc1nnc(NCC(=O)c2ccc(OC)c(Cl)c2)s1. The molecule has 0 aliphatic rings. The predicted molar refractivity (Wildman–Crippen MR) is 87.1 cm³/mol. The maximum atomic E-state index is 12.1. The molecule has 8 heteroatoms. The summed E-state index contributed by atoms with van der Waals surface area (Å²) in [4.78, 5) is 12.1. The zero-order valence-corrected chi connectivity index (χ0v) is 13.9. The molecule has 0 saturated carbocycles. The molecule has 1 N–H and O–H groups in total. The number of nitrogens with one attached hydrogen (secondary N) is 1. The van der Waals surface area contributed by atoms with Crippen molar-refractivity contribution >= 4 is 45.6 Å². The van der Waals surface area contributed by atoms with Crippen LogP contribution in [0, 0.1) is 0 Å². The van der Waals surface area contributed by atoms with E-state index < -0.39 is 0 Å². The van der Waals surface area contributed by atoms with Gasteiger partial charge in [-0.3, -0.25) is 4.79 Å². The number of halogens is 1. The number of benzene rings is 1. The predicted octanol–water partition coefficient (Wildman–Crippen LogP) is 3.61. The first-order chi connectivity index (χ1) is 10.1. The number of methoxy groups -OCH3 is 1. The fourth-order valence-electron chi connectivity index (χ4n) is 1.56. The van der Waals surface area contributed by atoms with Crippen LogP contribution >= 0.6 is 34.7 Å². The zero-order valence-electron chi connectivity index (χ0n) is 11.6. The fourth-order valence-corrected chi connectivity index (χ4v) is 3.46. The number of rotatable bonds is 7. The van der Waals surface area contributed by atoms with Crippen LogP contribution in [0.3, 0.4) is 0 Å². The van der Waals surface area contributed by atoms with Crippen molar-refractivity contribution in [2.75, 3.05) is 24.7 Å². The van der Waals surface area contributed by atoms with Crippen LogP contribution in [0.2, 0.25) is 5.02 Å². The summed E-state index contributed by atoms with van der Waals surface area (Å²) in [6.07, 6.45) is 0. The summed E-state index contributed by atoms with van der Waals surface area (Å²) in [7, 11) is 1.53. The molecule has 0 unspecified atom stereocenters. The van der Waals surface area contributed by atoms with Gasteiger partial charge in [-0.1, -0.05) is 41.6 Å². The molecule has 1 aromatic carbocycles. The first-order valence-corrected chi connectivity index (χ1v) is 8.39. The van der Waals surface area contributed by atoms with Crippen molar-refractivity contribution in [3.63, 3.8) is 0 Å². The van der Waals surface area contributed by atoms with Crippen molar-refractivity contribution in [1.82, 2.24) is 10.2 Å². The molecule has 0 saturated heterocycles. The summed E-state index contributed by atoms with van der Waals surface area (Å²) in [5.74, 6) is 1.42. The number of anilines is 1. The van der Waals surface area contributed by atoms with Gasteiger partial charge in [0.2, 0.25) is 5.13 Å². The van der Waals surface area contributed by atoms with E-state index in [0.717, 1.165) is 10.1 Å². The molecule has 0 amide bonds. The van der Waals surface area contributed by atoms with Gasteiger partial charge in [-0.2, -0.15) is 0 Å². The molecule has 0 aliphatic carbocycles. The Kier molecular flexibility index (Phi) is 5.84. The fraction of sp³-hybridized carbons (Fsp3) is 0.308. The summed E-state index contributed by atoms with van der Waals surface area (Å²) in [5, 5.41) is 12.0. The van der Waals surface area contributed by atoms with Gasteiger partial charge in [-0.05, 0) is 24.0 Å². The van der Waals surface area contributed by atoms with Gasteiger partial charge < -0.3 is 10.1 Å². The minimum atomic E-state index is -0.0700. The van der Waals surface area contributed by atoms with Gasteiger partial charge in [0, 0.05) is 5.56 Å². The van der Waals surface area contributed by atoms with E-state index in [9.17, 15) is 4.79 Å². The van der Waals surface area contributed by atoms with Crippen LogP contribution in [0.4, 0.5) is 5.13 Å². The number of hydrogen-bond acceptors (Lipinski definition) is 7. The first-order valence-electron chi connectivity index (χ1n) is 6.21. The van der Waals surface area contributed by atoms with Crippen molar-refractivity contribution in [3.05, 3.63) is 28.8 Å². The lowest BCUT2D eigenvalue weighted by Crippen LogP contribution is -2.13. The zero-order chi connectivity index (χ0) is 15.2. The molecular weight excluding hydrogens is 330 g/mol. The van der Waals surface area contributed by atoms with Crippen molar-refractivity contribution in [2.45, 2.75) is 11.3 Å². The quantitative estimate of drug-likeness (QED) is 0.612. The topological polar surface area (TPSA) is 64.1 Å². The Morgan fingerprint density at radius 1 is 1.48 bits per heavy atom. The molecule has 0 atom stereocenters. The van der Waals surface area contributed by atoms with Gasteiger partial charge in [0.15, 0.2) is 10.1 Å². The van der Waals surface area contributed by atoms with Crippen LogP contribution in [0.15, 0.2) is 22.5 Å². The third-order valence-corrected chi connectivity index (χ3v) is 4.74. The van der Waals surface area contributed by atoms with Gasteiger partial charge in [0.05, 0.1) is 18.7 Å². The van der Waals surface area contributed by atoms with Crippen molar-refractivity contribution in [1.29, 1.82) is 0 Å². The second kappa shape index (κ2) is 7.63. The standard InChI is InChI=1S/C13H14ClN3O2S2/c1-3-20-13-17-16-12(21-13)15-7-10(18)8-4-5-11(19-2)9(14)6-8/h4-6H,3,7H2,1-2H3,(H,15,16). The molecule has 0 bridgehead atoms. The molecular formula is C13H14ClN3O2S2. The molecule has 5 nitrogen and oxygen atoms in total. The van der Waals surface area contributed by atoms with Crippen LogP contribution in [0.5, 0.6) is 5.75 Å². The van der Waals surface area contributed by atoms with Gasteiger partial charge in [-0.15, -0.1) is 10.2 Å². The van der Waals surface area contributed by atoms with Gasteiger partial charge in [-0.25, -0.2) is 0 Å². The molecule has 0 radical (unpaired) electrons.